The average Bonchev–Trinajstić information content (AvgIpc) is 2.79. The van der Waals surface area contributed by atoms with Crippen LogP contribution < -0.4 is 5.73 Å². The van der Waals surface area contributed by atoms with Crippen molar-refractivity contribution in [2.45, 2.75) is 162 Å². The van der Waals surface area contributed by atoms with Crippen LogP contribution in [-0.2, 0) is 4.79 Å². The summed E-state index contributed by atoms with van der Waals surface area (Å²) in [6.07, 6.45) is 30.1. The highest BCUT2D eigenvalue weighted by molar-refractivity contribution is 5.76. The molecule has 192 valence electrons. The minimum atomic E-state index is -0.220. The molecule has 2 atom stereocenters. The zero-order valence-corrected chi connectivity index (χ0v) is 22.1. The molecule has 0 fully saturated rings. The molecule has 3 N–H and O–H groups in total. The van der Waals surface area contributed by atoms with Gasteiger partial charge in [0.1, 0.15) is 0 Å². The van der Waals surface area contributed by atoms with E-state index in [-0.39, 0.29) is 24.3 Å². The quantitative estimate of drug-likeness (QED) is 0.129. The van der Waals surface area contributed by atoms with Crippen LogP contribution in [0.2, 0.25) is 0 Å². The lowest BCUT2D eigenvalue weighted by Gasteiger charge is -2.22. The van der Waals surface area contributed by atoms with Crippen molar-refractivity contribution in [1.29, 1.82) is 0 Å². The van der Waals surface area contributed by atoms with E-state index in [0.29, 0.717) is 0 Å². The predicted molar refractivity (Wildman–Crippen MR) is 141 cm³/mol. The Bertz CT molecular complexity index is 385. The molecule has 0 bridgehead atoms. The Morgan fingerprint density at radius 3 is 1.22 bits per heavy atom. The fraction of sp³-hybridized carbons (Fsp3) is 0.966. The number of hydrogen-bond acceptors (Lipinski definition) is 2. The van der Waals surface area contributed by atoms with Gasteiger partial charge in [-0.2, -0.15) is 0 Å². The summed E-state index contributed by atoms with van der Waals surface area (Å²) >= 11 is 0. The summed E-state index contributed by atoms with van der Waals surface area (Å²) in [7, 11) is 0. The van der Waals surface area contributed by atoms with Crippen molar-refractivity contribution in [3.05, 3.63) is 0 Å². The number of unbranched alkanes of at least 4 members (excludes halogenated alkanes) is 19. The minimum absolute atomic E-state index is 0.0583. The predicted octanol–water partition coefficient (Wildman–Crippen LogP) is 8.71. The Hall–Kier alpha value is -0.570. The number of aliphatic hydroxyl groups is 1. The first-order valence-corrected chi connectivity index (χ1v) is 14.6. The molecule has 0 aromatic carbocycles. The van der Waals surface area contributed by atoms with E-state index < -0.39 is 0 Å². The largest absolute Gasteiger partial charge is 0.396 e. The molecule has 3 heteroatoms. The lowest BCUT2D eigenvalue weighted by atomic mass is 9.84. The zero-order valence-electron chi connectivity index (χ0n) is 22.1. The number of carbonyl (C=O) groups is 1. The van der Waals surface area contributed by atoms with E-state index in [4.69, 9.17) is 5.73 Å². The highest BCUT2D eigenvalue weighted by atomic mass is 16.3. The Morgan fingerprint density at radius 1 is 0.562 bits per heavy atom. The lowest BCUT2D eigenvalue weighted by molar-refractivity contribution is -0.124. The van der Waals surface area contributed by atoms with Crippen molar-refractivity contribution in [1.82, 2.24) is 0 Å². The third kappa shape index (κ3) is 20.1. The first-order valence-electron chi connectivity index (χ1n) is 14.6. The van der Waals surface area contributed by atoms with E-state index in [1.165, 1.54) is 116 Å². The van der Waals surface area contributed by atoms with Gasteiger partial charge in [0.25, 0.3) is 0 Å². The van der Waals surface area contributed by atoms with Crippen LogP contribution in [0.4, 0.5) is 0 Å². The zero-order chi connectivity index (χ0) is 23.7. The smallest absolute Gasteiger partial charge is 0.220 e. The SMILES string of the molecule is CCCCCCCCCCCCCCCCCCCCCC(C(N)=O)C(CO)CCCC. The monoisotopic (exact) mass is 453 g/mol. The second-order valence-corrected chi connectivity index (χ2v) is 10.2. The number of primary amides is 1. The van der Waals surface area contributed by atoms with Gasteiger partial charge in [-0.25, -0.2) is 0 Å². The lowest BCUT2D eigenvalue weighted by Crippen LogP contribution is -2.32. The summed E-state index contributed by atoms with van der Waals surface area (Å²) in [4.78, 5) is 11.8. The molecule has 0 aromatic rings. The van der Waals surface area contributed by atoms with Gasteiger partial charge in [-0.3, -0.25) is 4.79 Å². The van der Waals surface area contributed by atoms with Crippen LogP contribution in [0.5, 0.6) is 0 Å². The normalized spacial score (nSPS) is 13.3. The first-order chi connectivity index (χ1) is 15.7. The Labute approximate surface area is 201 Å². The van der Waals surface area contributed by atoms with Crippen LogP contribution in [0.3, 0.4) is 0 Å². The maximum Gasteiger partial charge on any atom is 0.220 e. The highest BCUT2D eigenvalue weighted by Gasteiger charge is 2.24. The van der Waals surface area contributed by atoms with E-state index in [2.05, 4.69) is 13.8 Å². The van der Waals surface area contributed by atoms with Crippen LogP contribution in [0.15, 0.2) is 0 Å². The molecule has 3 nitrogen and oxygen atoms in total. The van der Waals surface area contributed by atoms with Crippen LogP contribution in [0, 0.1) is 11.8 Å². The van der Waals surface area contributed by atoms with E-state index in [0.717, 1.165) is 32.1 Å². The summed E-state index contributed by atoms with van der Waals surface area (Å²) < 4.78 is 0. The van der Waals surface area contributed by atoms with Gasteiger partial charge in [-0.05, 0) is 18.8 Å². The number of hydrogen-bond donors (Lipinski definition) is 2. The van der Waals surface area contributed by atoms with Gasteiger partial charge in [-0.15, -0.1) is 0 Å². The maximum atomic E-state index is 11.8. The number of aliphatic hydroxyl groups excluding tert-OH is 1. The topological polar surface area (TPSA) is 63.3 Å². The van der Waals surface area contributed by atoms with Crippen LogP contribution >= 0.6 is 0 Å². The van der Waals surface area contributed by atoms with E-state index in [1.54, 1.807) is 0 Å². The van der Waals surface area contributed by atoms with Crippen LogP contribution in [-0.4, -0.2) is 17.6 Å². The molecule has 0 aromatic heterocycles. The van der Waals surface area contributed by atoms with Gasteiger partial charge in [0.15, 0.2) is 0 Å². The molecule has 1 amide bonds. The first kappa shape index (κ1) is 31.4. The van der Waals surface area contributed by atoms with E-state index in [9.17, 15) is 9.90 Å². The van der Waals surface area contributed by atoms with Crippen molar-refractivity contribution in [3.8, 4) is 0 Å². The third-order valence-electron chi connectivity index (χ3n) is 7.22. The molecule has 0 spiro atoms. The van der Waals surface area contributed by atoms with Gasteiger partial charge in [0.05, 0.1) is 0 Å². The van der Waals surface area contributed by atoms with Crippen molar-refractivity contribution >= 4 is 5.91 Å². The van der Waals surface area contributed by atoms with Gasteiger partial charge < -0.3 is 10.8 Å². The summed E-state index contributed by atoms with van der Waals surface area (Å²) in [5, 5.41) is 9.62. The Morgan fingerprint density at radius 2 is 0.906 bits per heavy atom. The van der Waals surface area contributed by atoms with Gasteiger partial charge in [0, 0.05) is 12.5 Å². The fourth-order valence-electron chi connectivity index (χ4n) is 4.94. The molecule has 32 heavy (non-hydrogen) atoms. The van der Waals surface area contributed by atoms with Crippen molar-refractivity contribution in [3.63, 3.8) is 0 Å². The second kappa shape index (κ2) is 25.1. The summed E-state index contributed by atoms with van der Waals surface area (Å²) in [5.74, 6) is -0.303. The molecular weight excluding hydrogens is 394 g/mol. The molecule has 0 rings (SSSR count). The molecular formula is C29H59NO2. The minimum Gasteiger partial charge on any atom is -0.396 e. The summed E-state index contributed by atoms with van der Waals surface area (Å²) in [6, 6.07) is 0. The van der Waals surface area contributed by atoms with Crippen LogP contribution in [0.1, 0.15) is 162 Å². The second-order valence-electron chi connectivity index (χ2n) is 10.2. The van der Waals surface area contributed by atoms with Gasteiger partial charge in [-0.1, -0.05) is 149 Å². The van der Waals surface area contributed by atoms with Gasteiger partial charge in [0.2, 0.25) is 5.91 Å². The van der Waals surface area contributed by atoms with Crippen molar-refractivity contribution in [2.75, 3.05) is 6.61 Å². The molecule has 0 aliphatic carbocycles. The van der Waals surface area contributed by atoms with E-state index >= 15 is 0 Å². The molecule has 0 aliphatic heterocycles. The average molecular weight is 454 g/mol. The highest BCUT2D eigenvalue weighted by Crippen LogP contribution is 2.24. The molecule has 0 saturated heterocycles. The van der Waals surface area contributed by atoms with E-state index in [1.807, 2.05) is 0 Å². The molecule has 2 unspecified atom stereocenters. The third-order valence-corrected chi connectivity index (χ3v) is 7.22. The van der Waals surface area contributed by atoms with Crippen LogP contribution in [0.25, 0.3) is 0 Å². The number of nitrogens with two attached hydrogens (primary N) is 1. The Kier molecular flexibility index (Phi) is 24.6. The number of carbonyl (C=O) groups excluding carboxylic acids is 1. The Balaban J connectivity index is 3.42. The molecule has 0 radical (unpaired) electrons. The molecule has 0 aliphatic rings. The fourth-order valence-corrected chi connectivity index (χ4v) is 4.94. The van der Waals surface area contributed by atoms with Crippen molar-refractivity contribution < 1.29 is 9.90 Å². The number of amides is 1. The maximum absolute atomic E-state index is 11.8. The van der Waals surface area contributed by atoms with Crippen molar-refractivity contribution in [2.24, 2.45) is 17.6 Å². The standard InChI is InChI=1S/C29H59NO2/c1-3-5-7-8-9-10-11-12-13-14-15-16-17-18-19-20-21-22-23-25-28(29(30)32)27(26-31)24-6-4-2/h27-28,31H,3-26H2,1-2H3,(H2,30,32). The molecule has 0 heterocycles. The molecule has 0 saturated carbocycles. The van der Waals surface area contributed by atoms with Gasteiger partial charge >= 0.3 is 0 Å². The summed E-state index contributed by atoms with van der Waals surface area (Å²) in [5.41, 5.74) is 5.62. The summed E-state index contributed by atoms with van der Waals surface area (Å²) in [6.45, 7) is 4.52. The number of rotatable bonds is 26.